The second-order valence-electron chi connectivity index (χ2n) is 6.95. The molecule has 6 nitrogen and oxygen atoms in total. The molecule has 1 aromatic carbocycles. The quantitative estimate of drug-likeness (QED) is 0.838. The summed E-state index contributed by atoms with van der Waals surface area (Å²) in [6, 6.07) is 7.74. The number of ether oxygens (including phenoxy) is 1. The zero-order valence-electron chi connectivity index (χ0n) is 15.2. The number of nitrogens with zero attached hydrogens (tertiary/aromatic N) is 4. The minimum atomic E-state index is 0.0863. The molecule has 1 aliphatic heterocycles. The van der Waals surface area contributed by atoms with E-state index < -0.39 is 0 Å². The fourth-order valence-electron chi connectivity index (χ4n) is 3.22. The van der Waals surface area contributed by atoms with Crippen LogP contribution in [0.25, 0.3) is 0 Å². The van der Waals surface area contributed by atoms with E-state index in [2.05, 4.69) is 10.2 Å². The Kier molecular flexibility index (Phi) is 5.48. The predicted octanol–water partition coefficient (Wildman–Crippen LogP) is 2.76. The second kappa shape index (κ2) is 7.78. The van der Waals surface area contributed by atoms with Gasteiger partial charge in [0.15, 0.2) is 0 Å². The number of amides is 1. The van der Waals surface area contributed by atoms with Crippen molar-refractivity contribution in [3.63, 3.8) is 0 Å². The van der Waals surface area contributed by atoms with Crippen LogP contribution in [0, 0.1) is 0 Å². The SMILES string of the molecule is CC(C)OCc1ccc(C(=O)N2CCCC(c3nncn3C)C2)cc1. The Bertz CT molecular complexity index is 708. The third-order valence-electron chi connectivity index (χ3n) is 4.60. The lowest BCUT2D eigenvalue weighted by molar-refractivity contribution is 0.0654. The first-order chi connectivity index (χ1) is 12.0. The molecule has 1 aliphatic rings. The van der Waals surface area contributed by atoms with Crippen LogP contribution >= 0.6 is 0 Å². The molecule has 1 aromatic heterocycles. The highest BCUT2D eigenvalue weighted by Gasteiger charge is 2.27. The number of hydrogen-bond donors (Lipinski definition) is 0. The van der Waals surface area contributed by atoms with Gasteiger partial charge in [0.05, 0.1) is 12.7 Å². The van der Waals surface area contributed by atoms with Gasteiger partial charge in [0.2, 0.25) is 0 Å². The van der Waals surface area contributed by atoms with Gasteiger partial charge in [-0.2, -0.15) is 0 Å². The summed E-state index contributed by atoms with van der Waals surface area (Å²) in [6.45, 7) is 6.10. The molecule has 1 atom stereocenters. The first-order valence-electron chi connectivity index (χ1n) is 8.88. The predicted molar refractivity (Wildman–Crippen MR) is 95.2 cm³/mol. The summed E-state index contributed by atoms with van der Waals surface area (Å²) in [5, 5.41) is 8.18. The molecule has 1 fully saturated rings. The number of carbonyl (C=O) groups excluding carboxylic acids is 1. The summed E-state index contributed by atoms with van der Waals surface area (Å²) < 4.78 is 7.55. The topological polar surface area (TPSA) is 60.2 Å². The van der Waals surface area contributed by atoms with Gasteiger partial charge in [0, 0.05) is 31.6 Å². The maximum Gasteiger partial charge on any atom is 0.253 e. The smallest absolute Gasteiger partial charge is 0.253 e. The first kappa shape index (κ1) is 17.6. The third-order valence-corrected chi connectivity index (χ3v) is 4.60. The number of carbonyl (C=O) groups is 1. The fourth-order valence-corrected chi connectivity index (χ4v) is 3.22. The fraction of sp³-hybridized carbons (Fsp3) is 0.526. The summed E-state index contributed by atoms with van der Waals surface area (Å²) in [5.74, 6) is 1.30. The molecule has 3 rings (SSSR count). The van der Waals surface area contributed by atoms with Gasteiger partial charge in [-0.3, -0.25) is 4.79 Å². The zero-order valence-corrected chi connectivity index (χ0v) is 15.2. The Morgan fingerprint density at radius 2 is 2.08 bits per heavy atom. The molecule has 25 heavy (non-hydrogen) atoms. The van der Waals surface area contributed by atoms with Crippen LogP contribution in [-0.4, -0.2) is 44.8 Å². The van der Waals surface area contributed by atoms with Crippen LogP contribution in [0.5, 0.6) is 0 Å². The van der Waals surface area contributed by atoms with Crippen molar-refractivity contribution in [3.8, 4) is 0 Å². The van der Waals surface area contributed by atoms with Crippen LogP contribution < -0.4 is 0 Å². The van der Waals surface area contributed by atoms with Crippen molar-refractivity contribution in [2.75, 3.05) is 13.1 Å². The number of benzene rings is 1. The summed E-state index contributed by atoms with van der Waals surface area (Å²) in [5.41, 5.74) is 1.81. The highest BCUT2D eigenvalue weighted by Crippen LogP contribution is 2.26. The van der Waals surface area contributed by atoms with Crippen molar-refractivity contribution < 1.29 is 9.53 Å². The Labute approximate surface area is 148 Å². The number of piperidine rings is 1. The van der Waals surface area contributed by atoms with E-state index in [0.29, 0.717) is 13.2 Å². The van der Waals surface area contributed by atoms with E-state index >= 15 is 0 Å². The van der Waals surface area contributed by atoms with Gasteiger partial charge in [0.1, 0.15) is 12.2 Å². The van der Waals surface area contributed by atoms with Gasteiger partial charge < -0.3 is 14.2 Å². The van der Waals surface area contributed by atoms with E-state index in [1.165, 1.54) is 0 Å². The largest absolute Gasteiger partial charge is 0.374 e. The van der Waals surface area contributed by atoms with Crippen molar-refractivity contribution in [1.29, 1.82) is 0 Å². The molecule has 2 heterocycles. The Morgan fingerprint density at radius 3 is 2.72 bits per heavy atom. The summed E-state index contributed by atoms with van der Waals surface area (Å²) in [4.78, 5) is 14.8. The van der Waals surface area contributed by atoms with Gasteiger partial charge >= 0.3 is 0 Å². The average Bonchev–Trinajstić information content (AvgIpc) is 3.06. The van der Waals surface area contributed by atoms with E-state index in [1.54, 1.807) is 6.33 Å². The van der Waals surface area contributed by atoms with Crippen molar-refractivity contribution in [2.24, 2.45) is 7.05 Å². The molecule has 0 bridgehead atoms. The van der Waals surface area contributed by atoms with Crippen LogP contribution in [-0.2, 0) is 18.4 Å². The van der Waals surface area contributed by atoms with Gasteiger partial charge in [-0.05, 0) is 44.4 Å². The lowest BCUT2D eigenvalue weighted by Crippen LogP contribution is -2.39. The molecule has 0 aliphatic carbocycles. The molecule has 2 aromatic rings. The number of aryl methyl sites for hydroxylation is 1. The zero-order chi connectivity index (χ0) is 17.8. The van der Waals surface area contributed by atoms with Crippen LogP contribution in [0.2, 0.25) is 0 Å². The molecule has 1 amide bonds. The summed E-state index contributed by atoms with van der Waals surface area (Å²) >= 11 is 0. The number of aromatic nitrogens is 3. The lowest BCUT2D eigenvalue weighted by atomic mass is 9.96. The maximum atomic E-state index is 12.8. The standard InChI is InChI=1S/C19H26N4O2/c1-14(2)25-12-15-6-8-16(9-7-15)19(24)23-10-4-5-17(11-23)18-21-20-13-22(18)3/h6-9,13-14,17H,4-5,10-12H2,1-3H3. The molecule has 0 radical (unpaired) electrons. The minimum Gasteiger partial charge on any atom is -0.374 e. The molecule has 6 heteroatoms. The summed E-state index contributed by atoms with van der Waals surface area (Å²) in [6.07, 6.45) is 3.95. The monoisotopic (exact) mass is 342 g/mol. The van der Waals surface area contributed by atoms with Gasteiger partial charge in [-0.25, -0.2) is 0 Å². The van der Waals surface area contributed by atoms with Crippen molar-refractivity contribution in [3.05, 3.63) is 47.5 Å². The van der Waals surface area contributed by atoms with E-state index in [-0.39, 0.29) is 17.9 Å². The molecule has 0 N–H and O–H groups in total. The molecule has 1 unspecified atom stereocenters. The maximum absolute atomic E-state index is 12.8. The third kappa shape index (κ3) is 4.25. The number of likely N-dealkylation sites (tertiary alicyclic amines) is 1. The molecule has 1 saturated heterocycles. The van der Waals surface area contributed by atoms with Gasteiger partial charge in [0.25, 0.3) is 5.91 Å². The summed E-state index contributed by atoms with van der Waals surface area (Å²) in [7, 11) is 1.95. The average molecular weight is 342 g/mol. The van der Waals surface area contributed by atoms with Crippen LogP contribution in [0.4, 0.5) is 0 Å². The molecule has 0 saturated carbocycles. The van der Waals surface area contributed by atoms with Crippen LogP contribution in [0.3, 0.4) is 0 Å². The Balaban J connectivity index is 1.65. The number of rotatable bonds is 5. The molecular weight excluding hydrogens is 316 g/mol. The van der Waals surface area contributed by atoms with Gasteiger partial charge in [-0.1, -0.05) is 12.1 Å². The van der Waals surface area contributed by atoms with Crippen LogP contribution in [0.1, 0.15) is 54.4 Å². The van der Waals surface area contributed by atoms with E-state index in [1.807, 2.05) is 54.6 Å². The van der Waals surface area contributed by atoms with Crippen molar-refractivity contribution >= 4 is 5.91 Å². The van der Waals surface area contributed by atoms with E-state index in [4.69, 9.17) is 4.74 Å². The van der Waals surface area contributed by atoms with Gasteiger partial charge in [-0.15, -0.1) is 10.2 Å². The van der Waals surface area contributed by atoms with E-state index in [9.17, 15) is 4.79 Å². The second-order valence-corrected chi connectivity index (χ2v) is 6.95. The van der Waals surface area contributed by atoms with E-state index in [0.717, 1.165) is 36.3 Å². The number of hydrogen-bond acceptors (Lipinski definition) is 4. The Morgan fingerprint density at radius 1 is 1.32 bits per heavy atom. The lowest BCUT2D eigenvalue weighted by Gasteiger charge is -2.32. The first-order valence-corrected chi connectivity index (χ1v) is 8.88. The van der Waals surface area contributed by atoms with Crippen LogP contribution in [0.15, 0.2) is 30.6 Å². The minimum absolute atomic E-state index is 0.0863. The highest BCUT2D eigenvalue weighted by atomic mass is 16.5. The molecule has 134 valence electrons. The Hall–Kier alpha value is -2.21. The molecular formula is C19H26N4O2. The highest BCUT2D eigenvalue weighted by molar-refractivity contribution is 5.94. The normalized spacial score (nSPS) is 17.9. The van der Waals surface area contributed by atoms with Crippen molar-refractivity contribution in [2.45, 2.75) is 45.3 Å². The van der Waals surface area contributed by atoms with Crippen molar-refractivity contribution in [1.82, 2.24) is 19.7 Å². The molecule has 0 spiro atoms.